The van der Waals surface area contributed by atoms with Gasteiger partial charge in [-0.15, -0.1) is 0 Å². The van der Waals surface area contributed by atoms with Crippen LogP contribution in [0, 0.1) is 0 Å². The molecule has 0 bridgehead atoms. The van der Waals surface area contributed by atoms with Gasteiger partial charge in [0.25, 0.3) is 5.91 Å². The van der Waals surface area contributed by atoms with E-state index in [1.165, 1.54) is 26.5 Å². The van der Waals surface area contributed by atoms with Crippen molar-refractivity contribution in [3.8, 4) is 17.2 Å². The summed E-state index contributed by atoms with van der Waals surface area (Å²) in [6.45, 7) is 0. The molecule has 0 aromatic heterocycles. The minimum atomic E-state index is -0.590. The van der Waals surface area contributed by atoms with E-state index in [0.29, 0.717) is 27.6 Å². The Bertz CT molecular complexity index is 1170. The molecule has 0 heterocycles. The van der Waals surface area contributed by atoms with E-state index < -0.39 is 11.9 Å². The molecule has 3 rings (SSSR count). The van der Waals surface area contributed by atoms with Gasteiger partial charge in [-0.25, -0.2) is 10.2 Å². The third-order valence-corrected chi connectivity index (χ3v) is 5.02. The minimum Gasteiger partial charge on any atom is -0.493 e. The third-order valence-electron chi connectivity index (χ3n) is 4.27. The molecule has 0 saturated heterocycles. The number of ether oxygens (including phenoxy) is 3. The lowest BCUT2D eigenvalue weighted by atomic mass is 10.2. The van der Waals surface area contributed by atoms with Gasteiger partial charge in [-0.2, -0.15) is 5.10 Å². The zero-order valence-electron chi connectivity index (χ0n) is 17.1. The summed E-state index contributed by atoms with van der Waals surface area (Å²) >= 11 is 9.20. The maximum Gasteiger partial charge on any atom is 0.343 e. The number of benzene rings is 3. The number of amides is 1. The minimum absolute atomic E-state index is 0.262. The topological polar surface area (TPSA) is 86.2 Å². The first-order chi connectivity index (χ1) is 15.4. The van der Waals surface area contributed by atoms with E-state index >= 15 is 0 Å². The van der Waals surface area contributed by atoms with Crippen molar-refractivity contribution in [3.63, 3.8) is 0 Å². The van der Waals surface area contributed by atoms with Crippen molar-refractivity contribution in [1.29, 1.82) is 0 Å². The van der Waals surface area contributed by atoms with E-state index in [1.54, 1.807) is 54.6 Å². The second-order valence-corrected chi connectivity index (χ2v) is 7.70. The van der Waals surface area contributed by atoms with E-state index in [1.807, 2.05) is 0 Å². The molecule has 7 nitrogen and oxygen atoms in total. The molecule has 3 aromatic carbocycles. The monoisotopic (exact) mass is 516 g/mol. The molecule has 9 heteroatoms. The lowest BCUT2D eigenvalue weighted by Gasteiger charge is -2.11. The van der Waals surface area contributed by atoms with E-state index in [-0.39, 0.29) is 11.3 Å². The lowest BCUT2D eigenvalue weighted by molar-refractivity contribution is 0.0733. The fourth-order valence-corrected chi connectivity index (χ4v) is 3.17. The molecule has 0 atom stereocenters. The molecule has 164 valence electrons. The molecule has 0 radical (unpaired) electrons. The first-order valence-corrected chi connectivity index (χ1v) is 10.4. The first kappa shape index (κ1) is 23.3. The van der Waals surface area contributed by atoms with Crippen LogP contribution in [0.2, 0.25) is 5.02 Å². The average molecular weight is 518 g/mol. The van der Waals surface area contributed by atoms with Crippen LogP contribution in [0.25, 0.3) is 0 Å². The predicted molar refractivity (Wildman–Crippen MR) is 125 cm³/mol. The Morgan fingerprint density at radius 2 is 1.56 bits per heavy atom. The standard InChI is InChI=1S/C23H18BrClN2O5/c1-30-20-9-5-15(12-21(20)31-2)23(29)32-19-10-6-17(24)11-16(19)13-26-27-22(28)14-3-7-18(25)8-4-14/h3-13H,1-2H3,(H,27,28). The van der Waals surface area contributed by atoms with Gasteiger partial charge in [0.2, 0.25) is 0 Å². The number of halogens is 2. The van der Waals surface area contributed by atoms with Crippen molar-refractivity contribution in [1.82, 2.24) is 5.43 Å². The van der Waals surface area contributed by atoms with E-state index in [2.05, 4.69) is 26.5 Å². The highest BCUT2D eigenvalue weighted by atomic mass is 79.9. The Kier molecular flexibility index (Phi) is 7.86. The summed E-state index contributed by atoms with van der Waals surface area (Å²) < 4.78 is 16.7. The van der Waals surface area contributed by atoms with Gasteiger partial charge in [0.15, 0.2) is 11.5 Å². The van der Waals surface area contributed by atoms with E-state index in [0.717, 1.165) is 4.47 Å². The highest BCUT2D eigenvalue weighted by Crippen LogP contribution is 2.29. The molecule has 0 spiro atoms. The Morgan fingerprint density at radius 1 is 0.906 bits per heavy atom. The fraction of sp³-hybridized carbons (Fsp3) is 0.0870. The molecule has 0 aliphatic carbocycles. The maximum atomic E-state index is 12.7. The smallest absolute Gasteiger partial charge is 0.343 e. The first-order valence-electron chi connectivity index (χ1n) is 9.24. The number of hydrogen-bond acceptors (Lipinski definition) is 6. The van der Waals surface area contributed by atoms with E-state index in [4.69, 9.17) is 25.8 Å². The summed E-state index contributed by atoms with van der Waals surface area (Å²) in [5, 5.41) is 4.49. The summed E-state index contributed by atoms with van der Waals surface area (Å²) in [6, 6.07) is 16.2. The van der Waals surface area contributed by atoms with Crippen LogP contribution in [0.15, 0.2) is 70.2 Å². The van der Waals surface area contributed by atoms with Crippen molar-refractivity contribution in [2.75, 3.05) is 14.2 Å². The Labute approximate surface area is 198 Å². The molecule has 1 amide bonds. The summed E-state index contributed by atoms with van der Waals surface area (Å²) in [7, 11) is 2.99. The highest BCUT2D eigenvalue weighted by molar-refractivity contribution is 9.10. The maximum absolute atomic E-state index is 12.7. The number of esters is 1. The van der Waals surface area contributed by atoms with Gasteiger partial charge in [-0.05, 0) is 60.7 Å². The molecule has 0 unspecified atom stereocenters. The molecule has 0 aliphatic heterocycles. The second-order valence-electron chi connectivity index (χ2n) is 6.35. The van der Waals surface area contributed by atoms with Crippen LogP contribution >= 0.6 is 27.5 Å². The number of carbonyl (C=O) groups is 2. The molecule has 0 aliphatic rings. The predicted octanol–water partition coefficient (Wildman–Crippen LogP) is 5.10. The molecule has 3 aromatic rings. The zero-order valence-corrected chi connectivity index (χ0v) is 19.4. The van der Waals surface area contributed by atoms with Crippen LogP contribution in [0.5, 0.6) is 17.2 Å². The summed E-state index contributed by atoms with van der Waals surface area (Å²) in [5.74, 6) is 0.170. The molecular weight excluding hydrogens is 500 g/mol. The largest absolute Gasteiger partial charge is 0.493 e. The Balaban J connectivity index is 1.76. The summed E-state index contributed by atoms with van der Waals surface area (Å²) in [5.41, 5.74) is 3.59. The molecule has 0 fully saturated rings. The molecule has 32 heavy (non-hydrogen) atoms. The van der Waals surface area contributed by atoms with Crippen LogP contribution in [0.3, 0.4) is 0 Å². The van der Waals surface area contributed by atoms with Gasteiger partial charge < -0.3 is 14.2 Å². The average Bonchev–Trinajstić information content (AvgIpc) is 2.80. The summed E-state index contributed by atoms with van der Waals surface area (Å²) in [6.07, 6.45) is 1.38. The molecule has 0 saturated carbocycles. The molecular formula is C23H18BrClN2O5. The van der Waals surface area contributed by atoms with Gasteiger partial charge in [0.1, 0.15) is 5.75 Å². The van der Waals surface area contributed by atoms with Crippen LogP contribution in [0.4, 0.5) is 0 Å². The van der Waals surface area contributed by atoms with Gasteiger partial charge in [-0.1, -0.05) is 27.5 Å². The number of rotatable bonds is 7. The number of nitrogens with zero attached hydrogens (tertiary/aromatic N) is 1. The van der Waals surface area contributed by atoms with Crippen LogP contribution in [-0.4, -0.2) is 32.3 Å². The van der Waals surface area contributed by atoms with Gasteiger partial charge in [0, 0.05) is 20.6 Å². The number of hydrogen-bond donors (Lipinski definition) is 1. The van der Waals surface area contributed by atoms with E-state index in [9.17, 15) is 9.59 Å². The van der Waals surface area contributed by atoms with Crippen molar-refractivity contribution in [3.05, 3.63) is 86.8 Å². The van der Waals surface area contributed by atoms with Crippen molar-refractivity contribution >= 4 is 45.6 Å². The lowest BCUT2D eigenvalue weighted by Crippen LogP contribution is -2.17. The van der Waals surface area contributed by atoms with Gasteiger partial charge >= 0.3 is 5.97 Å². The van der Waals surface area contributed by atoms with Crippen molar-refractivity contribution in [2.45, 2.75) is 0 Å². The SMILES string of the molecule is COc1ccc(C(=O)Oc2ccc(Br)cc2C=NNC(=O)c2ccc(Cl)cc2)cc1OC. The number of hydrazone groups is 1. The summed E-state index contributed by atoms with van der Waals surface area (Å²) in [4.78, 5) is 24.8. The van der Waals surface area contributed by atoms with Gasteiger partial charge in [0.05, 0.1) is 26.0 Å². The normalized spacial score (nSPS) is 10.6. The van der Waals surface area contributed by atoms with Crippen molar-refractivity contribution in [2.24, 2.45) is 5.10 Å². The van der Waals surface area contributed by atoms with Crippen LogP contribution in [-0.2, 0) is 0 Å². The fourth-order valence-electron chi connectivity index (χ4n) is 2.66. The number of methoxy groups -OCH3 is 2. The Hall–Kier alpha value is -3.36. The third kappa shape index (κ3) is 5.87. The molecule has 1 N–H and O–H groups in total. The van der Waals surface area contributed by atoms with Crippen LogP contribution in [0.1, 0.15) is 26.3 Å². The highest BCUT2D eigenvalue weighted by Gasteiger charge is 2.15. The zero-order chi connectivity index (χ0) is 23.1. The van der Waals surface area contributed by atoms with Crippen LogP contribution < -0.4 is 19.6 Å². The number of nitrogens with one attached hydrogen (secondary N) is 1. The van der Waals surface area contributed by atoms with Crippen molar-refractivity contribution < 1.29 is 23.8 Å². The Morgan fingerprint density at radius 3 is 2.25 bits per heavy atom. The number of carbonyl (C=O) groups excluding carboxylic acids is 2. The second kappa shape index (κ2) is 10.8. The van der Waals surface area contributed by atoms with Gasteiger partial charge in [-0.3, -0.25) is 4.79 Å². The quantitative estimate of drug-likeness (QED) is 0.204.